The highest BCUT2D eigenvalue weighted by Crippen LogP contribution is 2.37. The van der Waals surface area contributed by atoms with E-state index in [9.17, 15) is 9.90 Å². The standard InChI is InChI=1S/C17H24N2O3/c1-4-5-8-19-14(20)10-11-6-7-13-12(9-11)15(21)16(18)17(2,3)22-13/h6-7,9,21H,4-5,8,10,18H2,1-3H3,(H,19,20). The Morgan fingerprint density at radius 1 is 1.41 bits per heavy atom. The summed E-state index contributed by atoms with van der Waals surface area (Å²) in [5, 5.41) is 13.1. The molecule has 4 N–H and O–H groups in total. The van der Waals surface area contributed by atoms with Gasteiger partial charge in [-0.2, -0.15) is 0 Å². The molecule has 0 spiro atoms. The molecular formula is C17H24N2O3. The molecule has 0 bridgehead atoms. The van der Waals surface area contributed by atoms with Crippen LogP contribution in [0.25, 0.3) is 5.76 Å². The first-order chi connectivity index (χ1) is 10.3. The molecule has 5 nitrogen and oxygen atoms in total. The number of aliphatic hydroxyl groups is 1. The normalized spacial score (nSPS) is 16.0. The van der Waals surface area contributed by atoms with Crippen molar-refractivity contribution in [3.05, 3.63) is 35.0 Å². The predicted octanol–water partition coefficient (Wildman–Crippen LogP) is 2.50. The number of amides is 1. The van der Waals surface area contributed by atoms with Gasteiger partial charge in [0.2, 0.25) is 5.91 Å². The van der Waals surface area contributed by atoms with Crippen molar-refractivity contribution in [1.29, 1.82) is 0 Å². The SMILES string of the molecule is CCCCNC(=O)Cc1ccc2c(c1)C(O)=C(N)C(C)(C)O2. The molecule has 1 aromatic carbocycles. The molecule has 1 aromatic rings. The van der Waals surface area contributed by atoms with Crippen molar-refractivity contribution in [3.8, 4) is 5.75 Å². The highest BCUT2D eigenvalue weighted by molar-refractivity contribution is 5.79. The molecule has 0 aromatic heterocycles. The van der Waals surface area contributed by atoms with Gasteiger partial charge in [-0.05, 0) is 38.0 Å². The monoisotopic (exact) mass is 304 g/mol. The van der Waals surface area contributed by atoms with Crippen molar-refractivity contribution >= 4 is 11.7 Å². The first-order valence-corrected chi connectivity index (χ1v) is 7.63. The zero-order chi connectivity index (χ0) is 16.3. The van der Waals surface area contributed by atoms with Gasteiger partial charge in [0.25, 0.3) is 0 Å². The largest absolute Gasteiger partial charge is 0.505 e. The fourth-order valence-electron chi connectivity index (χ4n) is 2.37. The molecule has 0 saturated carbocycles. The lowest BCUT2D eigenvalue weighted by molar-refractivity contribution is -0.120. The maximum absolute atomic E-state index is 11.9. The van der Waals surface area contributed by atoms with E-state index in [0.29, 0.717) is 23.6 Å². The maximum atomic E-state index is 11.9. The van der Waals surface area contributed by atoms with Crippen LogP contribution < -0.4 is 15.8 Å². The van der Waals surface area contributed by atoms with E-state index in [-0.39, 0.29) is 18.1 Å². The Kier molecular flexibility index (Phi) is 4.64. The van der Waals surface area contributed by atoms with E-state index >= 15 is 0 Å². The maximum Gasteiger partial charge on any atom is 0.224 e. The van der Waals surface area contributed by atoms with E-state index in [2.05, 4.69) is 12.2 Å². The number of hydrogen-bond donors (Lipinski definition) is 3. The number of carbonyl (C=O) groups is 1. The van der Waals surface area contributed by atoms with Crippen molar-refractivity contribution < 1.29 is 14.6 Å². The lowest BCUT2D eigenvalue weighted by Gasteiger charge is -2.33. The number of hydrogen-bond acceptors (Lipinski definition) is 4. The number of nitrogens with two attached hydrogens (primary N) is 1. The number of unbranched alkanes of at least 4 members (excludes halogenated alkanes) is 1. The summed E-state index contributed by atoms with van der Waals surface area (Å²) in [6, 6.07) is 5.36. The van der Waals surface area contributed by atoms with Crippen LogP contribution in [0.3, 0.4) is 0 Å². The lowest BCUT2D eigenvalue weighted by atomic mass is 9.95. The summed E-state index contributed by atoms with van der Waals surface area (Å²) in [6.45, 7) is 6.37. The molecule has 0 fully saturated rings. The summed E-state index contributed by atoms with van der Waals surface area (Å²) in [5.74, 6) is 0.577. The fourth-order valence-corrected chi connectivity index (χ4v) is 2.37. The molecule has 0 unspecified atom stereocenters. The number of carbonyl (C=O) groups excluding carboxylic acids is 1. The average Bonchev–Trinajstić information content (AvgIpc) is 2.46. The van der Waals surface area contributed by atoms with Crippen LogP contribution in [0.2, 0.25) is 0 Å². The van der Waals surface area contributed by atoms with Crippen molar-refractivity contribution in [2.24, 2.45) is 5.73 Å². The van der Waals surface area contributed by atoms with E-state index in [1.54, 1.807) is 26.0 Å². The van der Waals surface area contributed by atoms with Crippen LogP contribution in [-0.2, 0) is 11.2 Å². The second kappa shape index (κ2) is 6.30. The van der Waals surface area contributed by atoms with Gasteiger partial charge in [-0.25, -0.2) is 0 Å². The Labute approximate surface area is 131 Å². The van der Waals surface area contributed by atoms with Gasteiger partial charge >= 0.3 is 0 Å². The fraction of sp³-hybridized carbons (Fsp3) is 0.471. The van der Waals surface area contributed by atoms with Crippen LogP contribution in [0.15, 0.2) is 23.9 Å². The third-order valence-electron chi connectivity index (χ3n) is 3.79. The summed E-state index contributed by atoms with van der Waals surface area (Å²) < 4.78 is 5.80. The van der Waals surface area contributed by atoms with E-state index in [1.807, 2.05) is 6.07 Å². The number of fused-ring (bicyclic) bond motifs is 1. The van der Waals surface area contributed by atoms with Crippen LogP contribution in [-0.4, -0.2) is 23.2 Å². The molecule has 1 amide bonds. The van der Waals surface area contributed by atoms with Gasteiger partial charge in [0, 0.05) is 6.54 Å². The van der Waals surface area contributed by atoms with Crippen LogP contribution in [0.5, 0.6) is 5.75 Å². The van der Waals surface area contributed by atoms with E-state index < -0.39 is 5.60 Å². The summed E-state index contributed by atoms with van der Waals surface area (Å²) in [5.41, 5.74) is 6.84. The molecule has 1 aliphatic heterocycles. The Balaban J connectivity index is 2.16. The number of nitrogens with one attached hydrogen (secondary N) is 1. The topological polar surface area (TPSA) is 84.6 Å². The molecule has 120 valence electrons. The van der Waals surface area contributed by atoms with Gasteiger partial charge in [-0.1, -0.05) is 19.4 Å². The second-order valence-corrected chi connectivity index (χ2v) is 6.09. The molecule has 0 aliphatic carbocycles. The molecule has 5 heteroatoms. The predicted molar refractivity (Wildman–Crippen MR) is 86.5 cm³/mol. The Morgan fingerprint density at radius 3 is 2.82 bits per heavy atom. The van der Waals surface area contributed by atoms with Gasteiger partial charge in [-0.15, -0.1) is 0 Å². The minimum absolute atomic E-state index is 0.0260. The summed E-state index contributed by atoms with van der Waals surface area (Å²) >= 11 is 0. The van der Waals surface area contributed by atoms with Crippen LogP contribution >= 0.6 is 0 Å². The van der Waals surface area contributed by atoms with Crippen molar-refractivity contribution in [1.82, 2.24) is 5.32 Å². The first-order valence-electron chi connectivity index (χ1n) is 7.63. The molecule has 1 aliphatic rings. The minimum atomic E-state index is -0.740. The zero-order valence-corrected chi connectivity index (χ0v) is 13.4. The number of ether oxygens (including phenoxy) is 1. The molecule has 0 saturated heterocycles. The summed E-state index contributed by atoms with van der Waals surface area (Å²) in [4.78, 5) is 11.9. The van der Waals surface area contributed by atoms with Crippen LogP contribution in [0.4, 0.5) is 0 Å². The summed E-state index contributed by atoms with van der Waals surface area (Å²) in [6.07, 6.45) is 2.29. The van der Waals surface area contributed by atoms with Gasteiger partial charge in [0.1, 0.15) is 17.1 Å². The van der Waals surface area contributed by atoms with Crippen molar-refractivity contribution in [2.75, 3.05) is 6.54 Å². The first kappa shape index (κ1) is 16.2. The highest BCUT2D eigenvalue weighted by atomic mass is 16.5. The molecular weight excluding hydrogens is 280 g/mol. The van der Waals surface area contributed by atoms with Gasteiger partial charge in [0.15, 0.2) is 0 Å². The molecule has 1 heterocycles. The molecule has 0 atom stereocenters. The van der Waals surface area contributed by atoms with Gasteiger partial charge in [0.05, 0.1) is 17.7 Å². The third-order valence-corrected chi connectivity index (χ3v) is 3.79. The van der Waals surface area contributed by atoms with E-state index in [1.165, 1.54) is 0 Å². The van der Waals surface area contributed by atoms with Crippen molar-refractivity contribution in [2.45, 2.75) is 45.6 Å². The number of benzene rings is 1. The van der Waals surface area contributed by atoms with Crippen molar-refractivity contribution in [3.63, 3.8) is 0 Å². The quantitative estimate of drug-likeness (QED) is 0.730. The Bertz CT molecular complexity index is 606. The van der Waals surface area contributed by atoms with Gasteiger partial charge < -0.3 is 20.9 Å². The third kappa shape index (κ3) is 3.35. The Morgan fingerprint density at radius 2 is 2.14 bits per heavy atom. The summed E-state index contributed by atoms with van der Waals surface area (Å²) in [7, 11) is 0. The Hall–Kier alpha value is -2.17. The minimum Gasteiger partial charge on any atom is -0.505 e. The molecule has 22 heavy (non-hydrogen) atoms. The van der Waals surface area contributed by atoms with Crippen LogP contribution in [0, 0.1) is 0 Å². The van der Waals surface area contributed by atoms with Crippen LogP contribution in [0.1, 0.15) is 44.7 Å². The van der Waals surface area contributed by atoms with E-state index in [4.69, 9.17) is 10.5 Å². The second-order valence-electron chi connectivity index (χ2n) is 6.09. The molecule has 2 rings (SSSR count). The average molecular weight is 304 g/mol. The smallest absolute Gasteiger partial charge is 0.224 e. The van der Waals surface area contributed by atoms with E-state index in [0.717, 1.165) is 18.4 Å². The molecule has 0 radical (unpaired) electrons. The number of aliphatic hydroxyl groups excluding tert-OH is 1. The lowest BCUT2D eigenvalue weighted by Crippen LogP contribution is -2.38. The number of rotatable bonds is 5. The zero-order valence-electron chi connectivity index (χ0n) is 13.4. The highest BCUT2D eigenvalue weighted by Gasteiger charge is 2.33. The van der Waals surface area contributed by atoms with Gasteiger partial charge in [-0.3, -0.25) is 4.79 Å².